The Hall–Kier alpha value is -1.68. The molecule has 1 amide bonds. The predicted octanol–water partition coefficient (Wildman–Crippen LogP) is 1.18. The van der Waals surface area contributed by atoms with E-state index in [1.165, 1.54) is 23.5 Å². The standard InChI is InChI=1S/C20H31N3O5S/c1-16-5-8-23(9-6-16)29(25,26)17-3-4-19(27-2)18(15-17)20(24)21-7-10-22-11-13-28-14-12-22/h3-4,15-16H,5-14H2,1-2H3,(H,21,24). The van der Waals surface area contributed by atoms with Gasteiger partial charge in [-0.05, 0) is 37.0 Å². The second kappa shape index (κ2) is 9.88. The Morgan fingerprint density at radius 2 is 1.90 bits per heavy atom. The summed E-state index contributed by atoms with van der Waals surface area (Å²) in [6.45, 7) is 7.46. The Bertz CT molecular complexity index is 800. The van der Waals surface area contributed by atoms with Gasteiger partial charge in [0.15, 0.2) is 0 Å². The van der Waals surface area contributed by atoms with Crippen molar-refractivity contribution in [2.24, 2.45) is 5.92 Å². The van der Waals surface area contributed by atoms with Gasteiger partial charge in [0.05, 0.1) is 30.8 Å². The summed E-state index contributed by atoms with van der Waals surface area (Å²) < 4.78 is 38.2. The van der Waals surface area contributed by atoms with Gasteiger partial charge in [0.1, 0.15) is 5.75 Å². The van der Waals surface area contributed by atoms with Gasteiger partial charge in [-0.2, -0.15) is 4.31 Å². The highest BCUT2D eigenvalue weighted by Crippen LogP contribution is 2.27. The van der Waals surface area contributed by atoms with Crippen molar-refractivity contribution in [2.45, 2.75) is 24.7 Å². The molecule has 0 spiro atoms. The molecule has 1 aromatic carbocycles. The molecule has 2 heterocycles. The molecule has 0 radical (unpaired) electrons. The van der Waals surface area contributed by atoms with Crippen LogP contribution in [0, 0.1) is 5.92 Å². The topological polar surface area (TPSA) is 88.2 Å². The van der Waals surface area contributed by atoms with Crippen LogP contribution in [0.15, 0.2) is 23.1 Å². The zero-order valence-electron chi connectivity index (χ0n) is 17.2. The molecule has 2 saturated heterocycles. The predicted molar refractivity (Wildman–Crippen MR) is 110 cm³/mol. The van der Waals surface area contributed by atoms with Gasteiger partial charge < -0.3 is 14.8 Å². The lowest BCUT2D eigenvalue weighted by Crippen LogP contribution is -2.41. The summed E-state index contributed by atoms with van der Waals surface area (Å²) in [6, 6.07) is 4.49. The molecule has 0 saturated carbocycles. The molecule has 0 bridgehead atoms. The van der Waals surface area contributed by atoms with Crippen molar-refractivity contribution in [3.8, 4) is 5.75 Å². The highest BCUT2D eigenvalue weighted by atomic mass is 32.2. The molecule has 0 unspecified atom stereocenters. The van der Waals surface area contributed by atoms with Crippen LogP contribution in [0.4, 0.5) is 0 Å². The molecular formula is C20H31N3O5S. The number of amides is 1. The molecule has 0 aliphatic carbocycles. The Morgan fingerprint density at radius 1 is 1.21 bits per heavy atom. The lowest BCUT2D eigenvalue weighted by Gasteiger charge is -2.29. The molecular weight excluding hydrogens is 394 g/mol. The second-order valence-electron chi connectivity index (χ2n) is 7.66. The first-order valence-electron chi connectivity index (χ1n) is 10.2. The van der Waals surface area contributed by atoms with E-state index in [1.807, 2.05) is 0 Å². The van der Waals surface area contributed by atoms with E-state index >= 15 is 0 Å². The fourth-order valence-electron chi connectivity index (χ4n) is 3.65. The minimum Gasteiger partial charge on any atom is -0.496 e. The molecule has 3 rings (SSSR count). The van der Waals surface area contributed by atoms with Crippen LogP contribution >= 0.6 is 0 Å². The monoisotopic (exact) mass is 425 g/mol. The number of ether oxygens (including phenoxy) is 2. The van der Waals surface area contributed by atoms with Crippen molar-refractivity contribution in [1.82, 2.24) is 14.5 Å². The molecule has 1 N–H and O–H groups in total. The number of hydrogen-bond donors (Lipinski definition) is 1. The molecule has 1 aromatic rings. The van der Waals surface area contributed by atoms with Gasteiger partial charge in [-0.25, -0.2) is 8.42 Å². The third-order valence-electron chi connectivity index (χ3n) is 5.61. The number of sulfonamides is 1. The number of piperidine rings is 1. The van der Waals surface area contributed by atoms with Crippen molar-refractivity contribution in [3.63, 3.8) is 0 Å². The van der Waals surface area contributed by atoms with E-state index in [0.717, 1.165) is 32.5 Å². The van der Waals surface area contributed by atoms with Crippen molar-refractivity contribution in [1.29, 1.82) is 0 Å². The second-order valence-corrected chi connectivity index (χ2v) is 9.60. The number of morpholine rings is 1. The number of carbonyl (C=O) groups excluding carboxylic acids is 1. The molecule has 0 atom stereocenters. The Morgan fingerprint density at radius 3 is 2.55 bits per heavy atom. The summed E-state index contributed by atoms with van der Waals surface area (Å²) in [5, 5.41) is 2.88. The maximum atomic E-state index is 13.0. The van der Waals surface area contributed by atoms with Crippen LogP contribution in [-0.4, -0.2) is 83.1 Å². The van der Waals surface area contributed by atoms with Crippen LogP contribution in [0.25, 0.3) is 0 Å². The first-order valence-corrected chi connectivity index (χ1v) is 11.6. The van der Waals surface area contributed by atoms with Crippen molar-refractivity contribution >= 4 is 15.9 Å². The highest BCUT2D eigenvalue weighted by molar-refractivity contribution is 7.89. The Kier molecular flexibility index (Phi) is 7.50. The molecule has 29 heavy (non-hydrogen) atoms. The van der Waals surface area contributed by atoms with E-state index in [-0.39, 0.29) is 16.4 Å². The van der Waals surface area contributed by atoms with Gasteiger partial charge >= 0.3 is 0 Å². The quantitative estimate of drug-likeness (QED) is 0.706. The minimum atomic E-state index is -3.63. The minimum absolute atomic E-state index is 0.131. The summed E-state index contributed by atoms with van der Waals surface area (Å²) in [4.78, 5) is 15.1. The molecule has 2 aliphatic heterocycles. The van der Waals surface area contributed by atoms with E-state index in [4.69, 9.17) is 9.47 Å². The number of rotatable bonds is 7. The fourth-order valence-corrected chi connectivity index (χ4v) is 5.14. The number of nitrogens with one attached hydrogen (secondary N) is 1. The SMILES string of the molecule is COc1ccc(S(=O)(=O)N2CCC(C)CC2)cc1C(=O)NCCN1CCOCC1. The maximum Gasteiger partial charge on any atom is 0.255 e. The van der Waals surface area contributed by atoms with Crippen LogP contribution in [0.5, 0.6) is 5.75 Å². The number of methoxy groups -OCH3 is 1. The van der Waals surface area contributed by atoms with E-state index in [9.17, 15) is 13.2 Å². The van der Waals surface area contributed by atoms with Gasteiger partial charge in [-0.1, -0.05) is 6.92 Å². The molecule has 0 aromatic heterocycles. The van der Waals surface area contributed by atoms with Crippen LogP contribution in [0.2, 0.25) is 0 Å². The molecule has 9 heteroatoms. The number of hydrogen-bond acceptors (Lipinski definition) is 6. The van der Waals surface area contributed by atoms with E-state index in [1.54, 1.807) is 6.07 Å². The summed E-state index contributed by atoms with van der Waals surface area (Å²) in [6.07, 6.45) is 1.70. The zero-order valence-corrected chi connectivity index (χ0v) is 18.0. The number of benzene rings is 1. The normalized spacial score (nSPS) is 19.8. The smallest absolute Gasteiger partial charge is 0.255 e. The van der Waals surface area contributed by atoms with Gasteiger partial charge in [0.2, 0.25) is 10.0 Å². The third-order valence-corrected chi connectivity index (χ3v) is 7.51. The third kappa shape index (κ3) is 5.48. The number of nitrogens with zero attached hydrogens (tertiary/aromatic N) is 2. The average molecular weight is 426 g/mol. The van der Waals surface area contributed by atoms with Crippen molar-refractivity contribution in [2.75, 3.05) is 59.6 Å². The van der Waals surface area contributed by atoms with Crippen LogP contribution in [-0.2, 0) is 14.8 Å². The summed E-state index contributed by atoms with van der Waals surface area (Å²) in [7, 11) is -2.16. The van der Waals surface area contributed by atoms with Crippen LogP contribution in [0.3, 0.4) is 0 Å². The van der Waals surface area contributed by atoms with E-state index in [0.29, 0.717) is 44.5 Å². The Balaban J connectivity index is 1.69. The van der Waals surface area contributed by atoms with Crippen LogP contribution < -0.4 is 10.1 Å². The van der Waals surface area contributed by atoms with Gasteiger partial charge in [0.25, 0.3) is 5.91 Å². The molecule has 2 fully saturated rings. The fraction of sp³-hybridized carbons (Fsp3) is 0.650. The molecule has 8 nitrogen and oxygen atoms in total. The largest absolute Gasteiger partial charge is 0.496 e. The van der Waals surface area contributed by atoms with Gasteiger partial charge in [-0.3, -0.25) is 9.69 Å². The van der Waals surface area contributed by atoms with E-state index < -0.39 is 10.0 Å². The maximum absolute atomic E-state index is 13.0. The zero-order chi connectivity index (χ0) is 20.9. The highest BCUT2D eigenvalue weighted by Gasteiger charge is 2.29. The summed E-state index contributed by atoms with van der Waals surface area (Å²) in [5.74, 6) is 0.560. The average Bonchev–Trinajstić information content (AvgIpc) is 2.74. The van der Waals surface area contributed by atoms with Crippen LogP contribution in [0.1, 0.15) is 30.1 Å². The first-order chi connectivity index (χ1) is 13.9. The first kappa shape index (κ1) is 22.0. The molecule has 2 aliphatic rings. The van der Waals surface area contributed by atoms with Gasteiger partial charge in [-0.15, -0.1) is 0 Å². The number of carbonyl (C=O) groups is 1. The molecule has 162 valence electrons. The summed E-state index contributed by atoms with van der Waals surface area (Å²) >= 11 is 0. The lowest BCUT2D eigenvalue weighted by molar-refractivity contribution is 0.0383. The van der Waals surface area contributed by atoms with Crippen molar-refractivity contribution < 1.29 is 22.7 Å². The van der Waals surface area contributed by atoms with E-state index in [2.05, 4.69) is 17.1 Å². The van der Waals surface area contributed by atoms with Gasteiger partial charge in [0, 0.05) is 39.3 Å². The Labute approximate surface area is 173 Å². The van der Waals surface area contributed by atoms with Crippen molar-refractivity contribution in [3.05, 3.63) is 23.8 Å². The summed E-state index contributed by atoms with van der Waals surface area (Å²) in [5.41, 5.74) is 0.237. The lowest BCUT2D eigenvalue weighted by atomic mass is 10.0.